The van der Waals surface area contributed by atoms with Gasteiger partial charge in [-0.1, -0.05) is 51.1 Å². The van der Waals surface area contributed by atoms with Gasteiger partial charge in [-0.15, -0.1) is 0 Å². The number of ether oxygens (including phenoxy) is 4. The lowest BCUT2D eigenvalue weighted by atomic mass is 10.1. The molecule has 2 rings (SSSR count). The fraction of sp³-hybridized carbons (Fsp3) is 0.567. The molecule has 0 unspecified atom stereocenters. The molecule has 9 heteroatoms. The van der Waals surface area contributed by atoms with Crippen molar-refractivity contribution in [3.8, 4) is 11.5 Å². The minimum Gasteiger partial charge on any atom is -0.497 e. The fourth-order valence-electron chi connectivity index (χ4n) is 3.40. The van der Waals surface area contributed by atoms with E-state index < -0.39 is 38.3 Å². The van der Waals surface area contributed by atoms with Crippen molar-refractivity contribution in [2.75, 3.05) is 20.3 Å². The van der Waals surface area contributed by atoms with E-state index in [4.69, 9.17) is 23.4 Å². The number of aliphatic hydroxyl groups is 1. The number of carbonyl (C=O) groups is 1. The van der Waals surface area contributed by atoms with Crippen LogP contribution >= 0.6 is 0 Å². The van der Waals surface area contributed by atoms with Crippen LogP contribution in [-0.2, 0) is 20.5 Å². The zero-order valence-corrected chi connectivity index (χ0v) is 25.9. The van der Waals surface area contributed by atoms with E-state index in [0.29, 0.717) is 11.5 Å². The first-order valence-corrected chi connectivity index (χ1v) is 16.3. The van der Waals surface area contributed by atoms with Gasteiger partial charge in [-0.3, -0.25) is 0 Å². The summed E-state index contributed by atoms with van der Waals surface area (Å²) < 4.78 is 29.4. The number of hydrogen-bond donors (Lipinski definition) is 2. The van der Waals surface area contributed by atoms with Crippen LogP contribution in [0.1, 0.15) is 47.1 Å². The molecule has 0 radical (unpaired) electrons. The van der Waals surface area contributed by atoms with Gasteiger partial charge in [0.2, 0.25) is 0 Å². The van der Waals surface area contributed by atoms with E-state index in [0.717, 1.165) is 5.56 Å². The molecule has 0 spiro atoms. The van der Waals surface area contributed by atoms with Gasteiger partial charge in [0.1, 0.15) is 35.9 Å². The first kappa shape index (κ1) is 32.6. The molecule has 0 aliphatic rings. The van der Waals surface area contributed by atoms with Gasteiger partial charge in [0.05, 0.1) is 26.4 Å². The van der Waals surface area contributed by atoms with Crippen LogP contribution in [0.3, 0.4) is 0 Å². The summed E-state index contributed by atoms with van der Waals surface area (Å²) in [6.45, 7) is 16.4. The minimum atomic E-state index is -2.15. The summed E-state index contributed by atoms with van der Waals surface area (Å²) >= 11 is 0. The number of benzene rings is 2. The third-order valence-corrected chi connectivity index (χ3v) is 11.2. The highest BCUT2D eigenvalue weighted by Crippen LogP contribution is 2.36. The SMILES string of the molecule is COc1ccc(OC[C@H](NC(=O)OC(C)(C)C)[C@H](OCc2ccccc2)[C@@H](O)CO[Si](C)(C)C(C)(C)C)cc1. The van der Waals surface area contributed by atoms with E-state index >= 15 is 0 Å². The number of carbonyl (C=O) groups excluding carboxylic acids is 1. The zero-order chi connectivity index (χ0) is 29.3. The summed E-state index contributed by atoms with van der Waals surface area (Å²) in [6.07, 6.45) is -2.51. The van der Waals surface area contributed by atoms with Gasteiger partial charge in [-0.05, 0) is 68.7 Å². The van der Waals surface area contributed by atoms with Crippen molar-refractivity contribution in [1.29, 1.82) is 0 Å². The van der Waals surface area contributed by atoms with Crippen LogP contribution in [0.2, 0.25) is 18.1 Å². The molecule has 0 aliphatic heterocycles. The van der Waals surface area contributed by atoms with Crippen LogP contribution < -0.4 is 14.8 Å². The Morgan fingerprint density at radius 3 is 2.05 bits per heavy atom. The zero-order valence-electron chi connectivity index (χ0n) is 24.9. The van der Waals surface area contributed by atoms with Crippen molar-refractivity contribution < 1.29 is 33.3 Å². The number of nitrogens with one attached hydrogen (secondary N) is 1. The Bertz CT molecular complexity index is 1000. The van der Waals surface area contributed by atoms with Crippen LogP contribution in [0.15, 0.2) is 54.6 Å². The third kappa shape index (κ3) is 11.2. The first-order valence-electron chi connectivity index (χ1n) is 13.4. The van der Waals surface area contributed by atoms with Gasteiger partial charge < -0.3 is 33.8 Å². The second kappa shape index (κ2) is 14.2. The molecule has 0 bridgehead atoms. The summed E-state index contributed by atoms with van der Waals surface area (Å²) in [7, 11) is -0.554. The average molecular weight is 562 g/mol. The van der Waals surface area contributed by atoms with Crippen molar-refractivity contribution >= 4 is 14.4 Å². The molecule has 2 aromatic carbocycles. The van der Waals surface area contributed by atoms with Gasteiger partial charge in [0.15, 0.2) is 8.32 Å². The van der Waals surface area contributed by atoms with E-state index in [1.807, 2.05) is 30.3 Å². The van der Waals surface area contributed by atoms with Gasteiger partial charge in [0, 0.05) is 0 Å². The number of aliphatic hydroxyl groups excluding tert-OH is 1. The third-order valence-electron chi connectivity index (χ3n) is 6.67. The topological polar surface area (TPSA) is 95.5 Å². The maximum atomic E-state index is 12.8. The number of alkyl carbamates (subject to hydrolysis) is 1. The second-order valence-corrected chi connectivity index (χ2v) is 16.9. The van der Waals surface area contributed by atoms with Crippen LogP contribution in [0.5, 0.6) is 11.5 Å². The molecular formula is C30H47NO7Si. The number of methoxy groups -OCH3 is 1. The highest BCUT2D eigenvalue weighted by molar-refractivity contribution is 6.74. The molecule has 0 fully saturated rings. The summed E-state index contributed by atoms with van der Waals surface area (Å²) in [4.78, 5) is 12.8. The predicted octanol–water partition coefficient (Wildman–Crippen LogP) is 5.94. The van der Waals surface area contributed by atoms with E-state index in [2.05, 4.69) is 39.2 Å². The lowest BCUT2D eigenvalue weighted by Gasteiger charge is -2.38. The van der Waals surface area contributed by atoms with Crippen molar-refractivity contribution in [2.45, 2.75) is 90.1 Å². The molecule has 0 aliphatic carbocycles. The molecule has 218 valence electrons. The van der Waals surface area contributed by atoms with E-state index in [1.54, 1.807) is 52.1 Å². The molecule has 0 heterocycles. The maximum absolute atomic E-state index is 12.8. The second-order valence-electron chi connectivity index (χ2n) is 12.1. The highest BCUT2D eigenvalue weighted by Gasteiger charge is 2.39. The first-order chi connectivity index (χ1) is 18.1. The van der Waals surface area contributed by atoms with E-state index in [1.165, 1.54) is 0 Å². The maximum Gasteiger partial charge on any atom is 0.408 e. The van der Waals surface area contributed by atoms with Crippen LogP contribution in [0.4, 0.5) is 4.79 Å². The van der Waals surface area contributed by atoms with Crippen LogP contribution in [0, 0.1) is 0 Å². The molecule has 2 aromatic rings. The van der Waals surface area contributed by atoms with Gasteiger partial charge >= 0.3 is 6.09 Å². The molecule has 0 aromatic heterocycles. The van der Waals surface area contributed by atoms with Crippen LogP contribution in [-0.4, -0.2) is 63.7 Å². The average Bonchev–Trinajstić information content (AvgIpc) is 2.85. The number of hydrogen-bond acceptors (Lipinski definition) is 7. The Labute approximate surface area is 235 Å². The molecule has 3 atom stereocenters. The van der Waals surface area contributed by atoms with Gasteiger partial charge in [0.25, 0.3) is 0 Å². The summed E-state index contributed by atoms with van der Waals surface area (Å²) in [5, 5.41) is 14.2. The molecule has 39 heavy (non-hydrogen) atoms. The summed E-state index contributed by atoms with van der Waals surface area (Å²) in [5.41, 5.74) is 0.239. The largest absolute Gasteiger partial charge is 0.497 e. The molecule has 0 saturated carbocycles. The Morgan fingerprint density at radius 1 is 0.923 bits per heavy atom. The molecule has 1 amide bonds. The van der Waals surface area contributed by atoms with E-state index in [-0.39, 0.29) is 24.9 Å². The Hall–Kier alpha value is -2.59. The Kier molecular flexibility index (Phi) is 11.8. The monoisotopic (exact) mass is 561 g/mol. The summed E-state index contributed by atoms with van der Waals surface area (Å²) in [5.74, 6) is 1.29. The lowest BCUT2D eigenvalue weighted by Crippen LogP contribution is -2.55. The molecule has 0 saturated heterocycles. The van der Waals surface area contributed by atoms with Crippen molar-refractivity contribution in [3.63, 3.8) is 0 Å². The normalized spacial score (nSPS) is 14.7. The lowest BCUT2D eigenvalue weighted by molar-refractivity contribution is -0.0853. The standard InChI is InChI=1S/C30H47NO7Si/c1-29(2,3)38-28(33)31-25(20-35-24-17-15-23(34-7)16-18-24)27(36-19-22-13-11-10-12-14-22)26(32)21-37-39(8,9)30(4,5)6/h10-18,25-27,32H,19-21H2,1-9H3,(H,31,33)/t25-,26-,27-/m0/s1. The molecule has 2 N–H and O–H groups in total. The smallest absolute Gasteiger partial charge is 0.408 e. The van der Waals surface area contributed by atoms with Crippen LogP contribution in [0.25, 0.3) is 0 Å². The summed E-state index contributed by atoms with van der Waals surface area (Å²) in [6, 6.07) is 16.1. The Balaban J connectivity index is 2.30. The predicted molar refractivity (Wildman–Crippen MR) is 156 cm³/mol. The van der Waals surface area contributed by atoms with Crippen molar-refractivity contribution in [1.82, 2.24) is 5.32 Å². The highest BCUT2D eigenvalue weighted by atomic mass is 28.4. The molecular weight excluding hydrogens is 514 g/mol. The number of amides is 1. The fourth-order valence-corrected chi connectivity index (χ4v) is 4.42. The Morgan fingerprint density at radius 2 is 1.51 bits per heavy atom. The minimum absolute atomic E-state index is 0.0290. The van der Waals surface area contributed by atoms with E-state index in [9.17, 15) is 9.90 Å². The number of rotatable bonds is 13. The van der Waals surface area contributed by atoms with Gasteiger partial charge in [-0.2, -0.15) is 0 Å². The molecule has 8 nitrogen and oxygen atoms in total. The quantitative estimate of drug-likeness (QED) is 0.293. The van der Waals surface area contributed by atoms with Gasteiger partial charge in [-0.25, -0.2) is 4.79 Å². The van der Waals surface area contributed by atoms with Crippen molar-refractivity contribution in [3.05, 3.63) is 60.2 Å². The van der Waals surface area contributed by atoms with Crippen molar-refractivity contribution in [2.24, 2.45) is 0 Å².